The van der Waals surface area contributed by atoms with Crippen LogP contribution < -0.4 is 31.9 Å². The van der Waals surface area contributed by atoms with E-state index in [1.54, 1.807) is 97.1 Å². The third-order valence-electron chi connectivity index (χ3n) is 9.82. The lowest BCUT2D eigenvalue weighted by atomic mass is 10.1. The molecule has 0 spiro atoms. The number of anilines is 6. The zero-order valence-corrected chi connectivity index (χ0v) is 31.6. The lowest BCUT2D eigenvalue weighted by Gasteiger charge is -2.14. The average Bonchev–Trinajstić information content (AvgIpc) is 3.92. The smallest absolute Gasteiger partial charge is 0.323 e. The minimum atomic E-state index is -0.489. The number of likely N-dealkylation sites (tertiary alicyclic amines) is 2. The van der Waals surface area contributed by atoms with Crippen molar-refractivity contribution in [2.45, 2.75) is 51.4 Å². The second kappa shape index (κ2) is 20.0. The van der Waals surface area contributed by atoms with Crippen molar-refractivity contribution in [2.75, 3.05) is 71.2 Å². The van der Waals surface area contributed by atoms with E-state index in [9.17, 15) is 24.0 Å². The van der Waals surface area contributed by atoms with Crippen LogP contribution in [-0.4, -0.2) is 78.7 Å². The van der Waals surface area contributed by atoms with E-state index >= 15 is 0 Å². The van der Waals surface area contributed by atoms with Gasteiger partial charge in [-0.15, -0.1) is 0 Å². The summed E-state index contributed by atoms with van der Waals surface area (Å²) in [5.41, 5.74) is 4.29. The van der Waals surface area contributed by atoms with Gasteiger partial charge in [-0.1, -0.05) is 0 Å². The lowest BCUT2D eigenvalue weighted by molar-refractivity contribution is -0.117. The maximum Gasteiger partial charge on any atom is 0.323 e. The van der Waals surface area contributed by atoms with Gasteiger partial charge in [-0.25, -0.2) is 4.79 Å². The molecule has 6 rings (SSSR count). The van der Waals surface area contributed by atoms with E-state index < -0.39 is 6.03 Å². The Bertz CT molecular complexity index is 1800. The van der Waals surface area contributed by atoms with Gasteiger partial charge < -0.3 is 41.7 Å². The first-order valence-corrected chi connectivity index (χ1v) is 19.4. The number of benzene rings is 4. The normalized spacial score (nSPS) is 14.1. The van der Waals surface area contributed by atoms with E-state index in [4.69, 9.17) is 0 Å². The van der Waals surface area contributed by atoms with E-state index in [0.29, 0.717) is 58.1 Å². The number of carbonyl (C=O) groups is 5. The van der Waals surface area contributed by atoms with Crippen LogP contribution >= 0.6 is 0 Å². The van der Waals surface area contributed by atoms with Gasteiger partial charge in [0.2, 0.25) is 11.8 Å². The number of nitrogens with one attached hydrogen (secondary N) is 6. The van der Waals surface area contributed by atoms with E-state index in [2.05, 4.69) is 41.7 Å². The van der Waals surface area contributed by atoms with Gasteiger partial charge in [-0.05, 0) is 175 Å². The molecule has 13 heteroatoms. The topological polar surface area (TPSA) is 164 Å². The molecule has 0 saturated carbocycles. The van der Waals surface area contributed by atoms with Crippen LogP contribution in [0.5, 0.6) is 0 Å². The molecule has 2 saturated heterocycles. The first-order chi connectivity index (χ1) is 27.3. The highest BCUT2D eigenvalue weighted by Gasteiger charge is 2.14. The van der Waals surface area contributed by atoms with E-state index in [1.165, 1.54) is 25.7 Å². The molecule has 6 N–H and O–H groups in total. The van der Waals surface area contributed by atoms with Crippen molar-refractivity contribution in [3.63, 3.8) is 0 Å². The Kier molecular flexibility index (Phi) is 14.2. The van der Waals surface area contributed by atoms with Crippen molar-refractivity contribution in [2.24, 2.45) is 0 Å². The zero-order chi connectivity index (χ0) is 39.1. The molecule has 2 fully saturated rings. The molecule has 0 bridgehead atoms. The first kappa shape index (κ1) is 39.6. The van der Waals surface area contributed by atoms with Gasteiger partial charge in [0, 0.05) is 58.1 Å². The second-order valence-corrected chi connectivity index (χ2v) is 14.2. The Labute approximate surface area is 327 Å². The van der Waals surface area contributed by atoms with Gasteiger partial charge in [0.05, 0.1) is 0 Å². The van der Waals surface area contributed by atoms with E-state index in [1.807, 2.05) is 0 Å². The summed E-state index contributed by atoms with van der Waals surface area (Å²) in [5, 5.41) is 17.0. The SMILES string of the molecule is O=C(CCCN1CCCC1)Nc1ccc(NC(=O)c2ccc(NC(=O)Nc3ccc(C(=O)Nc4ccc(NC(=O)CCCN5CCCC5)cc4)cc3)cc2)cc1. The number of nitrogens with zero attached hydrogens (tertiary/aromatic N) is 2. The van der Waals surface area contributed by atoms with Crippen LogP contribution in [0.1, 0.15) is 72.1 Å². The Morgan fingerprint density at radius 1 is 0.393 bits per heavy atom. The molecular formula is C43H50N8O5. The van der Waals surface area contributed by atoms with Crippen LogP contribution in [0.15, 0.2) is 97.1 Å². The summed E-state index contributed by atoms with van der Waals surface area (Å²) in [5.74, 6) is -0.683. The van der Waals surface area contributed by atoms with E-state index in [0.717, 1.165) is 52.1 Å². The Morgan fingerprint density at radius 2 is 0.679 bits per heavy atom. The average molecular weight is 759 g/mol. The summed E-state index contributed by atoms with van der Waals surface area (Å²) in [4.78, 5) is 67.8. The molecule has 6 amide bonds. The van der Waals surface area contributed by atoms with Gasteiger partial charge >= 0.3 is 6.03 Å². The number of amides is 6. The summed E-state index contributed by atoms with van der Waals surface area (Å²) in [6, 6.07) is 26.4. The number of rotatable bonds is 16. The highest BCUT2D eigenvalue weighted by atomic mass is 16.2. The Hall–Kier alpha value is -6.05. The van der Waals surface area contributed by atoms with Crippen molar-refractivity contribution >= 4 is 63.8 Å². The molecule has 2 aliphatic rings. The van der Waals surface area contributed by atoms with Crippen molar-refractivity contribution in [3.05, 3.63) is 108 Å². The fourth-order valence-corrected chi connectivity index (χ4v) is 6.77. The first-order valence-electron chi connectivity index (χ1n) is 19.4. The molecule has 0 radical (unpaired) electrons. The Morgan fingerprint density at radius 3 is 1.02 bits per heavy atom. The van der Waals surface area contributed by atoms with Gasteiger partial charge in [-0.2, -0.15) is 0 Å². The highest BCUT2D eigenvalue weighted by molar-refractivity contribution is 6.06. The van der Waals surface area contributed by atoms with Crippen LogP contribution in [0.4, 0.5) is 38.9 Å². The fraction of sp³-hybridized carbons (Fsp3) is 0.326. The van der Waals surface area contributed by atoms with Crippen LogP contribution in [0, 0.1) is 0 Å². The van der Waals surface area contributed by atoms with E-state index in [-0.39, 0.29) is 23.6 Å². The second-order valence-electron chi connectivity index (χ2n) is 14.2. The van der Waals surface area contributed by atoms with Gasteiger partial charge in [0.25, 0.3) is 11.8 Å². The molecule has 4 aromatic rings. The molecule has 13 nitrogen and oxygen atoms in total. The third kappa shape index (κ3) is 12.5. The fourth-order valence-electron chi connectivity index (χ4n) is 6.77. The van der Waals surface area contributed by atoms with Crippen molar-refractivity contribution in [3.8, 4) is 0 Å². The number of carbonyl (C=O) groups excluding carboxylic acids is 5. The number of hydrogen-bond acceptors (Lipinski definition) is 7. The molecular weight excluding hydrogens is 709 g/mol. The maximum atomic E-state index is 12.8. The standard InChI is InChI=1S/C43H50N8O5/c52-39(7-5-29-50-25-1-2-26-50)44-33-17-21-35(22-18-33)46-41(54)31-9-13-37(14-10-31)48-43(56)49-38-15-11-32(12-16-38)42(55)47-36-23-19-34(20-24-36)45-40(53)8-6-30-51-27-3-4-28-51/h9-24H,1-8,25-30H2,(H,44,52)(H,45,53)(H,46,54)(H,47,55)(H2,48,49,56). The van der Waals surface area contributed by atoms with Crippen LogP contribution in [0.2, 0.25) is 0 Å². The van der Waals surface area contributed by atoms with Crippen molar-refractivity contribution in [1.82, 2.24) is 9.80 Å². The van der Waals surface area contributed by atoms with Gasteiger partial charge in [-0.3, -0.25) is 19.2 Å². The molecule has 56 heavy (non-hydrogen) atoms. The quantitative estimate of drug-likeness (QED) is 0.0691. The minimum absolute atomic E-state index is 0.0253. The van der Waals surface area contributed by atoms with Crippen molar-refractivity contribution in [1.29, 1.82) is 0 Å². The summed E-state index contributed by atoms with van der Waals surface area (Å²) in [7, 11) is 0. The number of hydrogen-bond donors (Lipinski definition) is 6. The maximum absolute atomic E-state index is 12.8. The lowest BCUT2D eigenvalue weighted by Crippen LogP contribution is -2.22. The van der Waals surface area contributed by atoms with Crippen LogP contribution in [-0.2, 0) is 9.59 Å². The summed E-state index contributed by atoms with van der Waals surface area (Å²) in [6.45, 7) is 6.38. The van der Waals surface area contributed by atoms with Crippen molar-refractivity contribution < 1.29 is 24.0 Å². The molecule has 2 heterocycles. The van der Waals surface area contributed by atoms with Gasteiger partial charge in [0.1, 0.15) is 0 Å². The highest BCUT2D eigenvalue weighted by Crippen LogP contribution is 2.19. The predicted octanol–water partition coefficient (Wildman–Crippen LogP) is 7.46. The summed E-state index contributed by atoms with van der Waals surface area (Å²) >= 11 is 0. The molecule has 4 aromatic carbocycles. The number of urea groups is 1. The predicted molar refractivity (Wildman–Crippen MR) is 221 cm³/mol. The van der Waals surface area contributed by atoms with Crippen LogP contribution in [0.25, 0.3) is 0 Å². The monoisotopic (exact) mass is 758 g/mol. The molecule has 0 atom stereocenters. The van der Waals surface area contributed by atoms with Gasteiger partial charge in [0.15, 0.2) is 0 Å². The van der Waals surface area contributed by atoms with Crippen LogP contribution in [0.3, 0.4) is 0 Å². The summed E-state index contributed by atoms with van der Waals surface area (Å²) in [6.07, 6.45) is 7.55. The third-order valence-corrected chi connectivity index (χ3v) is 9.82. The Balaban J connectivity index is 0.883. The molecule has 0 aliphatic carbocycles. The molecule has 0 unspecified atom stereocenters. The minimum Gasteiger partial charge on any atom is -0.326 e. The molecule has 292 valence electrons. The molecule has 2 aliphatic heterocycles. The largest absolute Gasteiger partial charge is 0.326 e. The summed E-state index contributed by atoms with van der Waals surface area (Å²) < 4.78 is 0. The zero-order valence-electron chi connectivity index (χ0n) is 31.6. The molecule has 0 aromatic heterocycles.